The molecule has 94 valence electrons. The second-order valence-corrected chi connectivity index (χ2v) is 4.97. The van der Waals surface area contributed by atoms with Gasteiger partial charge in [-0.2, -0.15) is 0 Å². The number of fused-ring (bicyclic) bond motifs is 1. The molecule has 2 N–H and O–H groups in total. The van der Waals surface area contributed by atoms with Gasteiger partial charge in [0.2, 0.25) is 5.56 Å². The van der Waals surface area contributed by atoms with Gasteiger partial charge in [-0.05, 0) is 31.2 Å². The Morgan fingerprint density at radius 2 is 2.33 bits per heavy atom. The predicted octanol–water partition coefficient (Wildman–Crippen LogP) is 2.28. The summed E-state index contributed by atoms with van der Waals surface area (Å²) in [5.41, 5.74) is 3.33. The minimum Gasteiger partial charge on any atom is -0.342 e. The average molecular weight is 243 g/mol. The van der Waals surface area contributed by atoms with E-state index in [0.717, 1.165) is 30.1 Å². The SMILES string of the molecule is CCC1CCc2nc(-c3ccc(=O)[nH]c3)[nH]c2C1. The highest BCUT2D eigenvalue weighted by molar-refractivity contribution is 5.54. The van der Waals surface area contributed by atoms with Crippen LogP contribution in [0.15, 0.2) is 23.1 Å². The summed E-state index contributed by atoms with van der Waals surface area (Å²) in [5.74, 6) is 1.65. The molecule has 2 aromatic rings. The Balaban J connectivity index is 1.94. The summed E-state index contributed by atoms with van der Waals surface area (Å²) in [6.07, 6.45) is 6.34. The molecule has 18 heavy (non-hydrogen) atoms. The van der Waals surface area contributed by atoms with E-state index in [4.69, 9.17) is 0 Å². The van der Waals surface area contributed by atoms with Crippen molar-refractivity contribution in [3.05, 3.63) is 40.1 Å². The Morgan fingerprint density at radius 3 is 3.06 bits per heavy atom. The Kier molecular flexibility index (Phi) is 2.78. The molecule has 0 aliphatic heterocycles. The van der Waals surface area contributed by atoms with Crippen molar-refractivity contribution in [2.75, 3.05) is 0 Å². The van der Waals surface area contributed by atoms with E-state index in [1.165, 1.54) is 30.3 Å². The third-order valence-electron chi connectivity index (χ3n) is 3.78. The Labute approximate surface area is 105 Å². The van der Waals surface area contributed by atoms with Crippen molar-refractivity contribution in [2.24, 2.45) is 5.92 Å². The van der Waals surface area contributed by atoms with Crippen molar-refractivity contribution in [3.8, 4) is 11.4 Å². The minimum absolute atomic E-state index is 0.0823. The van der Waals surface area contributed by atoms with Gasteiger partial charge in [0.05, 0.1) is 5.69 Å². The number of nitrogens with zero attached hydrogens (tertiary/aromatic N) is 1. The summed E-state index contributed by atoms with van der Waals surface area (Å²) in [5, 5.41) is 0. The lowest BCUT2D eigenvalue weighted by Gasteiger charge is -2.18. The van der Waals surface area contributed by atoms with Crippen LogP contribution in [0.2, 0.25) is 0 Å². The first-order valence-corrected chi connectivity index (χ1v) is 6.53. The molecular formula is C14H17N3O. The van der Waals surface area contributed by atoms with Crippen molar-refractivity contribution in [1.82, 2.24) is 15.0 Å². The van der Waals surface area contributed by atoms with Gasteiger partial charge >= 0.3 is 0 Å². The molecule has 0 saturated carbocycles. The maximum Gasteiger partial charge on any atom is 0.247 e. The normalized spacial score (nSPS) is 18.6. The van der Waals surface area contributed by atoms with Crippen LogP contribution in [0.25, 0.3) is 11.4 Å². The second kappa shape index (κ2) is 4.44. The lowest BCUT2D eigenvalue weighted by molar-refractivity contribution is 0.438. The largest absolute Gasteiger partial charge is 0.342 e. The van der Waals surface area contributed by atoms with E-state index in [9.17, 15) is 4.79 Å². The van der Waals surface area contributed by atoms with Crippen LogP contribution in [0, 0.1) is 5.92 Å². The maximum atomic E-state index is 11.0. The van der Waals surface area contributed by atoms with Crippen LogP contribution in [0.4, 0.5) is 0 Å². The van der Waals surface area contributed by atoms with Gasteiger partial charge < -0.3 is 9.97 Å². The number of hydrogen-bond acceptors (Lipinski definition) is 2. The van der Waals surface area contributed by atoms with E-state index in [0.29, 0.717) is 0 Å². The topological polar surface area (TPSA) is 61.5 Å². The average Bonchev–Trinajstić information content (AvgIpc) is 2.82. The molecule has 2 heterocycles. The van der Waals surface area contributed by atoms with E-state index < -0.39 is 0 Å². The Morgan fingerprint density at radius 1 is 1.44 bits per heavy atom. The van der Waals surface area contributed by atoms with Crippen LogP contribution >= 0.6 is 0 Å². The fourth-order valence-corrected chi connectivity index (χ4v) is 2.60. The first kappa shape index (κ1) is 11.3. The summed E-state index contributed by atoms with van der Waals surface area (Å²) < 4.78 is 0. The zero-order valence-electron chi connectivity index (χ0n) is 10.5. The van der Waals surface area contributed by atoms with Crippen LogP contribution in [-0.4, -0.2) is 15.0 Å². The smallest absolute Gasteiger partial charge is 0.247 e. The Bertz CT molecular complexity index is 591. The lowest BCUT2D eigenvalue weighted by Crippen LogP contribution is -2.12. The molecular weight excluding hydrogens is 226 g/mol. The van der Waals surface area contributed by atoms with E-state index in [2.05, 4.69) is 21.9 Å². The maximum absolute atomic E-state index is 11.0. The third kappa shape index (κ3) is 1.98. The fraction of sp³-hybridized carbons (Fsp3) is 0.429. The van der Waals surface area contributed by atoms with Crippen molar-refractivity contribution in [1.29, 1.82) is 0 Å². The molecule has 0 aromatic carbocycles. The molecule has 0 radical (unpaired) electrons. The highest BCUT2D eigenvalue weighted by Crippen LogP contribution is 2.28. The van der Waals surface area contributed by atoms with Crippen LogP contribution in [0.3, 0.4) is 0 Å². The van der Waals surface area contributed by atoms with Gasteiger partial charge in [-0.1, -0.05) is 13.3 Å². The molecule has 1 aliphatic rings. The number of aromatic amines is 2. The molecule has 0 saturated heterocycles. The van der Waals surface area contributed by atoms with Gasteiger partial charge in [-0.15, -0.1) is 0 Å². The number of imidazole rings is 1. The fourth-order valence-electron chi connectivity index (χ4n) is 2.60. The van der Waals surface area contributed by atoms with Crippen molar-refractivity contribution in [3.63, 3.8) is 0 Å². The van der Waals surface area contributed by atoms with Gasteiger partial charge in [-0.25, -0.2) is 4.98 Å². The highest BCUT2D eigenvalue weighted by atomic mass is 16.1. The zero-order chi connectivity index (χ0) is 12.5. The minimum atomic E-state index is -0.0823. The van der Waals surface area contributed by atoms with Crippen molar-refractivity contribution in [2.45, 2.75) is 32.6 Å². The van der Waals surface area contributed by atoms with Gasteiger partial charge in [0.1, 0.15) is 5.82 Å². The molecule has 0 bridgehead atoms. The number of pyridine rings is 1. The highest BCUT2D eigenvalue weighted by Gasteiger charge is 2.21. The number of rotatable bonds is 2. The third-order valence-corrected chi connectivity index (χ3v) is 3.78. The molecule has 0 fully saturated rings. The number of hydrogen-bond donors (Lipinski definition) is 2. The molecule has 4 nitrogen and oxygen atoms in total. The molecule has 3 rings (SSSR count). The van der Waals surface area contributed by atoms with Crippen molar-refractivity contribution >= 4 is 0 Å². The summed E-state index contributed by atoms with van der Waals surface area (Å²) in [6, 6.07) is 3.34. The number of H-pyrrole nitrogens is 2. The monoisotopic (exact) mass is 243 g/mol. The van der Waals surface area contributed by atoms with Gasteiger partial charge in [0.25, 0.3) is 0 Å². The summed E-state index contributed by atoms with van der Waals surface area (Å²) in [7, 11) is 0. The van der Waals surface area contributed by atoms with Crippen LogP contribution in [0.1, 0.15) is 31.2 Å². The van der Waals surface area contributed by atoms with E-state index >= 15 is 0 Å². The molecule has 4 heteroatoms. The van der Waals surface area contributed by atoms with E-state index in [1.807, 2.05) is 0 Å². The Hall–Kier alpha value is -1.84. The predicted molar refractivity (Wildman–Crippen MR) is 70.5 cm³/mol. The molecule has 1 atom stereocenters. The quantitative estimate of drug-likeness (QED) is 0.850. The van der Waals surface area contributed by atoms with Crippen molar-refractivity contribution < 1.29 is 0 Å². The molecule has 2 aromatic heterocycles. The molecule has 1 unspecified atom stereocenters. The van der Waals surface area contributed by atoms with Crippen LogP contribution in [-0.2, 0) is 12.8 Å². The van der Waals surface area contributed by atoms with Crippen LogP contribution < -0.4 is 5.56 Å². The summed E-state index contributed by atoms with van der Waals surface area (Å²) in [4.78, 5) is 21.8. The van der Waals surface area contributed by atoms with Crippen LogP contribution in [0.5, 0.6) is 0 Å². The lowest BCUT2D eigenvalue weighted by atomic mass is 9.88. The number of aryl methyl sites for hydroxylation is 1. The molecule has 0 spiro atoms. The van der Waals surface area contributed by atoms with E-state index in [1.54, 1.807) is 12.3 Å². The first-order chi connectivity index (χ1) is 8.76. The standard InChI is InChI=1S/C14H17N3O/c1-2-9-3-5-11-12(7-9)17-14(16-11)10-4-6-13(18)15-8-10/h4,6,8-9H,2-3,5,7H2,1H3,(H,15,18)(H,16,17). The summed E-state index contributed by atoms with van der Waals surface area (Å²) in [6.45, 7) is 2.24. The first-order valence-electron chi connectivity index (χ1n) is 6.53. The number of aromatic nitrogens is 3. The molecule has 0 amide bonds. The van der Waals surface area contributed by atoms with E-state index in [-0.39, 0.29) is 5.56 Å². The van der Waals surface area contributed by atoms with Gasteiger partial charge in [0.15, 0.2) is 0 Å². The van der Waals surface area contributed by atoms with Gasteiger partial charge in [0, 0.05) is 23.5 Å². The summed E-state index contributed by atoms with van der Waals surface area (Å²) >= 11 is 0. The zero-order valence-corrected chi connectivity index (χ0v) is 10.5. The van der Waals surface area contributed by atoms with Gasteiger partial charge in [-0.3, -0.25) is 4.79 Å². The molecule has 1 aliphatic carbocycles. The number of nitrogens with one attached hydrogen (secondary N) is 2. The second-order valence-electron chi connectivity index (χ2n) is 4.97.